The van der Waals surface area contributed by atoms with Gasteiger partial charge in [-0.15, -0.1) is 0 Å². The van der Waals surface area contributed by atoms with E-state index in [0.29, 0.717) is 11.9 Å². The molecule has 4 rings (SSSR count). The molecule has 0 bridgehead atoms. The lowest BCUT2D eigenvalue weighted by Crippen LogP contribution is -2.38. The van der Waals surface area contributed by atoms with Gasteiger partial charge < -0.3 is 9.80 Å². The number of aromatic nitrogens is 3. The van der Waals surface area contributed by atoms with Crippen molar-refractivity contribution in [1.82, 2.24) is 15.0 Å². The predicted molar refractivity (Wildman–Crippen MR) is 110 cm³/mol. The zero-order chi connectivity index (χ0) is 18.8. The maximum atomic E-state index is 4.90. The zero-order valence-corrected chi connectivity index (χ0v) is 16.1. The third-order valence-corrected chi connectivity index (χ3v) is 5.13. The second kappa shape index (κ2) is 7.35. The molecule has 1 aliphatic rings. The summed E-state index contributed by atoms with van der Waals surface area (Å²) < 4.78 is 0. The van der Waals surface area contributed by atoms with E-state index in [1.807, 2.05) is 18.2 Å². The van der Waals surface area contributed by atoms with Crippen molar-refractivity contribution in [2.24, 2.45) is 0 Å². The summed E-state index contributed by atoms with van der Waals surface area (Å²) in [5.41, 5.74) is 4.47. The number of pyridine rings is 1. The average Bonchev–Trinajstić information content (AvgIpc) is 2.84. The van der Waals surface area contributed by atoms with Crippen LogP contribution in [0.15, 0.2) is 54.7 Å². The van der Waals surface area contributed by atoms with Crippen LogP contribution in [0.3, 0.4) is 0 Å². The zero-order valence-electron chi connectivity index (χ0n) is 16.1. The summed E-state index contributed by atoms with van der Waals surface area (Å²) in [6.07, 6.45) is 2.66. The maximum absolute atomic E-state index is 4.90. The van der Waals surface area contributed by atoms with Gasteiger partial charge in [0.1, 0.15) is 11.5 Å². The van der Waals surface area contributed by atoms with E-state index in [2.05, 4.69) is 66.0 Å². The summed E-state index contributed by atoms with van der Waals surface area (Å²) in [5.74, 6) is 1.67. The first kappa shape index (κ1) is 17.5. The van der Waals surface area contributed by atoms with Crippen LogP contribution in [0.1, 0.15) is 25.1 Å². The molecule has 5 heteroatoms. The fourth-order valence-electron chi connectivity index (χ4n) is 3.68. The van der Waals surface area contributed by atoms with Crippen molar-refractivity contribution in [3.8, 4) is 11.5 Å². The highest BCUT2D eigenvalue weighted by Gasteiger charge is 2.25. The lowest BCUT2D eigenvalue weighted by atomic mass is 10.1. The van der Waals surface area contributed by atoms with Crippen LogP contribution in [0.5, 0.6) is 0 Å². The third-order valence-electron chi connectivity index (χ3n) is 5.13. The van der Waals surface area contributed by atoms with Crippen LogP contribution in [-0.4, -0.2) is 34.6 Å². The Morgan fingerprint density at radius 2 is 1.89 bits per heavy atom. The SMILES string of the molecule is CCc1cc(N2Cc3ccccc3N(C)C[C@H]2C)nc(-c2ccccn2)n1. The topological polar surface area (TPSA) is 45.2 Å². The van der Waals surface area contributed by atoms with E-state index in [1.165, 1.54) is 11.3 Å². The van der Waals surface area contributed by atoms with Crippen LogP contribution in [0, 0.1) is 0 Å². The molecule has 0 aliphatic carbocycles. The molecule has 1 atom stereocenters. The van der Waals surface area contributed by atoms with Gasteiger partial charge in [-0.2, -0.15) is 0 Å². The van der Waals surface area contributed by atoms with Crippen LogP contribution in [0.25, 0.3) is 11.5 Å². The van der Waals surface area contributed by atoms with Gasteiger partial charge in [-0.25, -0.2) is 9.97 Å². The number of rotatable bonds is 3. The second-order valence-electron chi connectivity index (χ2n) is 7.10. The maximum Gasteiger partial charge on any atom is 0.180 e. The number of aryl methyl sites for hydroxylation is 1. The first-order valence-electron chi connectivity index (χ1n) is 9.50. The minimum absolute atomic E-state index is 0.332. The molecule has 2 aromatic heterocycles. The highest BCUT2D eigenvalue weighted by atomic mass is 15.3. The van der Waals surface area contributed by atoms with E-state index in [4.69, 9.17) is 9.97 Å². The van der Waals surface area contributed by atoms with Crippen molar-refractivity contribution >= 4 is 11.5 Å². The summed E-state index contributed by atoms with van der Waals surface area (Å²) in [6.45, 7) is 6.17. The molecule has 1 aliphatic heterocycles. The van der Waals surface area contributed by atoms with Crippen molar-refractivity contribution in [2.45, 2.75) is 32.9 Å². The second-order valence-corrected chi connectivity index (χ2v) is 7.10. The summed E-state index contributed by atoms with van der Waals surface area (Å²) in [4.78, 5) is 18.8. The van der Waals surface area contributed by atoms with E-state index in [1.54, 1.807) is 6.20 Å². The molecule has 0 radical (unpaired) electrons. The quantitative estimate of drug-likeness (QED) is 0.709. The number of likely N-dealkylation sites (N-methyl/N-ethyl adjacent to an activating group) is 1. The molecule has 3 aromatic rings. The van der Waals surface area contributed by atoms with Gasteiger partial charge in [-0.3, -0.25) is 4.98 Å². The molecule has 0 amide bonds. The standard InChI is InChI=1S/C22H25N5/c1-4-18-13-21(25-22(24-18)19-10-7-8-12-23-19)27-15-17-9-5-6-11-20(17)26(3)14-16(27)2/h5-13,16H,4,14-15H2,1-3H3/t16-/m1/s1. The van der Waals surface area contributed by atoms with Crippen LogP contribution < -0.4 is 9.80 Å². The fourth-order valence-corrected chi connectivity index (χ4v) is 3.68. The van der Waals surface area contributed by atoms with E-state index < -0.39 is 0 Å². The van der Waals surface area contributed by atoms with Gasteiger partial charge in [0, 0.05) is 49.8 Å². The minimum Gasteiger partial charge on any atom is -0.372 e. The van der Waals surface area contributed by atoms with Gasteiger partial charge in [0.25, 0.3) is 0 Å². The number of nitrogens with zero attached hydrogens (tertiary/aromatic N) is 5. The molecule has 1 aromatic carbocycles. The van der Waals surface area contributed by atoms with Gasteiger partial charge in [0.05, 0.1) is 0 Å². The van der Waals surface area contributed by atoms with Gasteiger partial charge in [-0.05, 0) is 37.1 Å². The number of fused-ring (bicyclic) bond motifs is 1. The van der Waals surface area contributed by atoms with Crippen LogP contribution in [0.2, 0.25) is 0 Å². The van der Waals surface area contributed by atoms with Crippen LogP contribution in [-0.2, 0) is 13.0 Å². The van der Waals surface area contributed by atoms with Crippen LogP contribution in [0.4, 0.5) is 11.5 Å². The predicted octanol–water partition coefficient (Wildman–Crippen LogP) is 3.95. The molecule has 0 N–H and O–H groups in total. The normalized spacial score (nSPS) is 16.8. The third kappa shape index (κ3) is 3.50. The molecule has 0 spiro atoms. The summed E-state index contributed by atoms with van der Waals surface area (Å²) in [5, 5.41) is 0. The van der Waals surface area contributed by atoms with Gasteiger partial charge in [0.15, 0.2) is 5.82 Å². The smallest absolute Gasteiger partial charge is 0.180 e. The minimum atomic E-state index is 0.332. The number of hydrogen-bond acceptors (Lipinski definition) is 5. The number of para-hydroxylation sites is 1. The first-order chi connectivity index (χ1) is 13.2. The van der Waals surface area contributed by atoms with Gasteiger partial charge >= 0.3 is 0 Å². The average molecular weight is 359 g/mol. The Morgan fingerprint density at radius 1 is 1.07 bits per heavy atom. The number of anilines is 2. The summed E-state index contributed by atoms with van der Waals surface area (Å²) in [6, 6.07) is 16.9. The van der Waals surface area contributed by atoms with E-state index >= 15 is 0 Å². The Bertz CT molecular complexity index is 925. The monoisotopic (exact) mass is 359 g/mol. The highest BCUT2D eigenvalue weighted by molar-refractivity contribution is 5.59. The lowest BCUT2D eigenvalue weighted by Gasteiger charge is -2.30. The van der Waals surface area contributed by atoms with Gasteiger partial charge in [-0.1, -0.05) is 31.2 Å². The molecule has 3 heterocycles. The lowest BCUT2D eigenvalue weighted by molar-refractivity contribution is 0.635. The Hall–Kier alpha value is -2.95. The van der Waals surface area contributed by atoms with E-state index in [9.17, 15) is 0 Å². The largest absolute Gasteiger partial charge is 0.372 e. The fraction of sp³-hybridized carbons (Fsp3) is 0.318. The van der Waals surface area contributed by atoms with Crippen LogP contribution >= 0.6 is 0 Å². The van der Waals surface area contributed by atoms with Crippen molar-refractivity contribution < 1.29 is 0 Å². The molecule has 27 heavy (non-hydrogen) atoms. The Labute approximate surface area is 160 Å². The Balaban J connectivity index is 1.78. The van der Waals surface area contributed by atoms with Crippen molar-refractivity contribution in [3.05, 3.63) is 66.0 Å². The Morgan fingerprint density at radius 3 is 2.67 bits per heavy atom. The number of hydrogen-bond donors (Lipinski definition) is 0. The van der Waals surface area contributed by atoms with Crippen molar-refractivity contribution in [1.29, 1.82) is 0 Å². The van der Waals surface area contributed by atoms with E-state index in [-0.39, 0.29) is 0 Å². The summed E-state index contributed by atoms with van der Waals surface area (Å²) >= 11 is 0. The molecular weight excluding hydrogens is 334 g/mol. The van der Waals surface area contributed by atoms with Crippen molar-refractivity contribution in [3.63, 3.8) is 0 Å². The first-order valence-corrected chi connectivity index (χ1v) is 9.50. The van der Waals surface area contributed by atoms with Gasteiger partial charge in [0.2, 0.25) is 0 Å². The molecule has 0 saturated heterocycles. The molecule has 5 nitrogen and oxygen atoms in total. The van der Waals surface area contributed by atoms with Crippen molar-refractivity contribution in [2.75, 3.05) is 23.4 Å². The molecular formula is C22H25N5. The Kier molecular flexibility index (Phi) is 4.75. The van der Waals surface area contributed by atoms with E-state index in [0.717, 1.165) is 36.7 Å². The molecule has 138 valence electrons. The molecule has 0 unspecified atom stereocenters. The highest BCUT2D eigenvalue weighted by Crippen LogP contribution is 2.30. The summed E-state index contributed by atoms with van der Waals surface area (Å²) in [7, 11) is 2.16. The number of benzene rings is 1. The molecule has 0 saturated carbocycles. The molecule has 0 fully saturated rings.